The molecule has 0 amide bonds. The van der Waals surface area contributed by atoms with Gasteiger partial charge in [0.05, 0.1) is 5.92 Å². The lowest BCUT2D eigenvalue weighted by atomic mass is 10.1. The predicted octanol–water partition coefficient (Wildman–Crippen LogP) is 5.47. The molecular formula is C26H31N3O2S. The van der Waals surface area contributed by atoms with E-state index in [1.807, 2.05) is 67.8 Å². The summed E-state index contributed by atoms with van der Waals surface area (Å²) in [5.41, 5.74) is 1.92. The smallest absolute Gasteiger partial charge is 0.313 e. The minimum atomic E-state index is -0.236. The number of thiophene rings is 1. The maximum atomic E-state index is 12.6. The van der Waals surface area contributed by atoms with Gasteiger partial charge in [-0.15, -0.1) is 11.3 Å². The fourth-order valence-electron chi connectivity index (χ4n) is 4.16. The molecule has 1 fully saturated rings. The quantitative estimate of drug-likeness (QED) is 0.427. The van der Waals surface area contributed by atoms with Crippen molar-refractivity contribution in [2.45, 2.75) is 39.8 Å². The molecule has 1 atom stereocenters. The minimum Gasteiger partial charge on any atom is -0.422 e. The van der Waals surface area contributed by atoms with Gasteiger partial charge in [0.15, 0.2) is 11.6 Å². The van der Waals surface area contributed by atoms with Gasteiger partial charge in [-0.1, -0.05) is 57.2 Å². The first-order chi connectivity index (χ1) is 15.6. The number of esters is 1. The monoisotopic (exact) mass is 449 g/mol. The molecule has 0 bridgehead atoms. The molecule has 1 aromatic carbocycles. The van der Waals surface area contributed by atoms with E-state index >= 15 is 0 Å². The van der Waals surface area contributed by atoms with Crippen molar-refractivity contribution in [3.8, 4) is 16.9 Å². The summed E-state index contributed by atoms with van der Waals surface area (Å²) in [6.07, 6.45) is 2.88. The van der Waals surface area contributed by atoms with Gasteiger partial charge in [0, 0.05) is 42.3 Å². The van der Waals surface area contributed by atoms with Crippen LogP contribution in [-0.4, -0.2) is 41.5 Å². The highest BCUT2D eigenvalue weighted by Gasteiger charge is 2.31. The lowest BCUT2D eigenvalue weighted by molar-refractivity contribution is -0.137. The Bertz CT molecular complexity index is 1020. The van der Waals surface area contributed by atoms with Crippen molar-refractivity contribution in [1.82, 2.24) is 9.88 Å². The summed E-state index contributed by atoms with van der Waals surface area (Å²) in [7, 11) is 0. The van der Waals surface area contributed by atoms with Crippen LogP contribution in [0.5, 0.6) is 5.75 Å². The highest BCUT2D eigenvalue weighted by atomic mass is 32.1. The van der Waals surface area contributed by atoms with Crippen molar-refractivity contribution < 1.29 is 9.53 Å². The van der Waals surface area contributed by atoms with Crippen LogP contribution < -0.4 is 9.64 Å². The maximum Gasteiger partial charge on any atom is 0.313 e. The van der Waals surface area contributed by atoms with E-state index in [4.69, 9.17) is 4.74 Å². The Kier molecular flexibility index (Phi) is 7.22. The normalized spacial score (nSPS) is 16.2. The number of carbonyl (C=O) groups excluding carboxylic acids is 1. The topological polar surface area (TPSA) is 45.7 Å². The second-order valence-corrected chi connectivity index (χ2v) is 9.52. The van der Waals surface area contributed by atoms with E-state index in [0.29, 0.717) is 11.8 Å². The average molecular weight is 450 g/mol. The largest absolute Gasteiger partial charge is 0.422 e. The van der Waals surface area contributed by atoms with Crippen LogP contribution in [0.3, 0.4) is 0 Å². The van der Waals surface area contributed by atoms with Crippen molar-refractivity contribution in [3.05, 3.63) is 65.0 Å². The zero-order valence-electron chi connectivity index (χ0n) is 19.0. The van der Waals surface area contributed by atoms with Crippen molar-refractivity contribution in [2.75, 3.05) is 24.5 Å². The SMILES string of the molecule is CCN(Cc1cccs1)[C@@H]1CCN(c2nccc(-c3ccccc3)c2OC(=O)C(C)C)C1. The van der Waals surface area contributed by atoms with Crippen LogP contribution in [0.4, 0.5) is 5.82 Å². The van der Waals surface area contributed by atoms with Crippen molar-refractivity contribution >= 4 is 23.1 Å². The first-order valence-electron chi connectivity index (χ1n) is 11.3. The Morgan fingerprint density at radius 2 is 2.03 bits per heavy atom. The van der Waals surface area contributed by atoms with Crippen LogP contribution in [0.25, 0.3) is 11.1 Å². The van der Waals surface area contributed by atoms with Gasteiger partial charge >= 0.3 is 5.97 Å². The molecule has 0 N–H and O–H groups in total. The summed E-state index contributed by atoms with van der Waals surface area (Å²) in [6.45, 7) is 9.68. The van der Waals surface area contributed by atoms with Crippen LogP contribution >= 0.6 is 11.3 Å². The second kappa shape index (κ2) is 10.3. The summed E-state index contributed by atoms with van der Waals surface area (Å²) in [6, 6.07) is 16.8. The van der Waals surface area contributed by atoms with E-state index in [2.05, 4.69) is 39.2 Å². The number of hydrogen-bond donors (Lipinski definition) is 0. The predicted molar refractivity (Wildman–Crippen MR) is 131 cm³/mol. The molecule has 0 spiro atoms. The number of likely N-dealkylation sites (N-methyl/N-ethyl adjacent to an activating group) is 1. The Morgan fingerprint density at radius 1 is 1.22 bits per heavy atom. The molecule has 5 nitrogen and oxygen atoms in total. The summed E-state index contributed by atoms with van der Waals surface area (Å²) < 4.78 is 5.96. The van der Waals surface area contributed by atoms with Crippen LogP contribution in [0, 0.1) is 5.92 Å². The van der Waals surface area contributed by atoms with Crippen LogP contribution in [-0.2, 0) is 11.3 Å². The van der Waals surface area contributed by atoms with Crippen molar-refractivity contribution in [2.24, 2.45) is 5.92 Å². The summed E-state index contributed by atoms with van der Waals surface area (Å²) in [5, 5.41) is 2.14. The van der Waals surface area contributed by atoms with Crippen LogP contribution in [0.15, 0.2) is 60.1 Å². The number of pyridine rings is 1. The molecule has 168 valence electrons. The molecule has 3 heterocycles. The molecule has 1 saturated heterocycles. The average Bonchev–Trinajstić information content (AvgIpc) is 3.50. The number of anilines is 1. The van der Waals surface area contributed by atoms with E-state index in [9.17, 15) is 4.79 Å². The molecule has 0 aliphatic carbocycles. The Balaban J connectivity index is 1.62. The van der Waals surface area contributed by atoms with Crippen LogP contribution in [0.1, 0.15) is 32.1 Å². The fraction of sp³-hybridized carbons (Fsp3) is 0.385. The number of carbonyl (C=O) groups is 1. The van der Waals surface area contributed by atoms with Crippen LogP contribution in [0.2, 0.25) is 0 Å². The highest BCUT2D eigenvalue weighted by molar-refractivity contribution is 7.09. The molecule has 1 aliphatic rings. The molecule has 1 aliphatic heterocycles. The summed E-state index contributed by atoms with van der Waals surface area (Å²) in [4.78, 5) is 23.5. The molecular weight excluding hydrogens is 418 g/mol. The highest BCUT2D eigenvalue weighted by Crippen LogP contribution is 2.39. The standard InChI is InChI=1S/C26H31N3O2S/c1-4-28(18-22-11-8-16-32-22)21-13-15-29(17-21)25-24(31-26(30)19(2)3)23(12-14-27-25)20-9-6-5-7-10-20/h5-12,14,16,19,21H,4,13,15,17-18H2,1-3H3/t21-/m1/s1. The number of ether oxygens (including phenoxy) is 1. The van der Waals surface area contributed by atoms with E-state index in [1.165, 1.54) is 4.88 Å². The van der Waals surface area contributed by atoms with E-state index in [-0.39, 0.29) is 11.9 Å². The molecule has 0 saturated carbocycles. The van der Waals surface area contributed by atoms with Gasteiger partial charge in [-0.2, -0.15) is 0 Å². The lowest BCUT2D eigenvalue weighted by Crippen LogP contribution is -2.37. The number of hydrogen-bond acceptors (Lipinski definition) is 6. The third-order valence-electron chi connectivity index (χ3n) is 5.97. The first kappa shape index (κ1) is 22.5. The zero-order chi connectivity index (χ0) is 22.5. The van der Waals surface area contributed by atoms with E-state index in [1.54, 1.807) is 0 Å². The Hall–Kier alpha value is -2.70. The molecule has 2 aromatic heterocycles. The molecule has 3 aromatic rings. The number of nitrogens with zero attached hydrogens (tertiary/aromatic N) is 3. The first-order valence-corrected chi connectivity index (χ1v) is 12.2. The third-order valence-corrected chi connectivity index (χ3v) is 6.83. The fourth-order valence-corrected chi connectivity index (χ4v) is 4.89. The van der Waals surface area contributed by atoms with Gasteiger partial charge < -0.3 is 9.64 Å². The van der Waals surface area contributed by atoms with Gasteiger partial charge in [0.2, 0.25) is 0 Å². The lowest BCUT2D eigenvalue weighted by Gasteiger charge is -2.28. The number of rotatable bonds is 8. The third kappa shape index (κ3) is 5.03. The molecule has 0 unspecified atom stereocenters. The molecule has 4 rings (SSSR count). The van der Waals surface area contributed by atoms with E-state index < -0.39 is 0 Å². The maximum absolute atomic E-state index is 12.6. The van der Waals surface area contributed by atoms with E-state index in [0.717, 1.165) is 49.5 Å². The molecule has 0 radical (unpaired) electrons. The van der Waals surface area contributed by atoms with Crippen molar-refractivity contribution in [3.63, 3.8) is 0 Å². The molecule has 6 heteroatoms. The van der Waals surface area contributed by atoms with Gasteiger partial charge in [-0.05, 0) is 36.0 Å². The summed E-state index contributed by atoms with van der Waals surface area (Å²) in [5.74, 6) is 0.883. The van der Waals surface area contributed by atoms with Gasteiger partial charge in [-0.3, -0.25) is 9.69 Å². The molecule has 32 heavy (non-hydrogen) atoms. The summed E-state index contributed by atoms with van der Waals surface area (Å²) >= 11 is 1.81. The van der Waals surface area contributed by atoms with Crippen molar-refractivity contribution in [1.29, 1.82) is 0 Å². The second-order valence-electron chi connectivity index (χ2n) is 8.48. The number of aromatic nitrogens is 1. The number of benzene rings is 1. The van der Waals surface area contributed by atoms with Gasteiger partial charge in [-0.25, -0.2) is 4.98 Å². The van der Waals surface area contributed by atoms with Gasteiger partial charge in [0.25, 0.3) is 0 Å². The minimum absolute atomic E-state index is 0.209. The van der Waals surface area contributed by atoms with Gasteiger partial charge in [0.1, 0.15) is 0 Å². The Labute approximate surface area is 194 Å². The zero-order valence-corrected chi connectivity index (χ0v) is 19.8. The Morgan fingerprint density at radius 3 is 2.72 bits per heavy atom.